The number of para-hydroxylation sites is 1. The molecule has 0 amide bonds. The lowest BCUT2D eigenvalue weighted by Crippen LogP contribution is -2.25. The van der Waals surface area contributed by atoms with Crippen LogP contribution in [0.5, 0.6) is 11.5 Å². The number of hydrogen-bond donors (Lipinski definition) is 1. The van der Waals surface area contributed by atoms with Gasteiger partial charge in [-0.15, -0.1) is 5.10 Å². The zero-order valence-corrected chi connectivity index (χ0v) is 16.6. The molecular formula is C20H20ClN5O2. The largest absolute Gasteiger partial charge is 0.495 e. The van der Waals surface area contributed by atoms with Crippen LogP contribution in [0.25, 0.3) is 0 Å². The van der Waals surface area contributed by atoms with Crippen molar-refractivity contribution in [1.29, 1.82) is 0 Å². The molecule has 0 saturated heterocycles. The van der Waals surface area contributed by atoms with Crippen molar-refractivity contribution in [3.05, 3.63) is 53.2 Å². The van der Waals surface area contributed by atoms with Crippen LogP contribution in [-0.2, 0) is 6.42 Å². The molecule has 2 aromatic carbocycles. The number of halogens is 1. The maximum absolute atomic E-state index is 6.18. The molecule has 1 atom stereocenters. The Labute approximate surface area is 168 Å². The fourth-order valence-electron chi connectivity index (χ4n) is 3.46. The molecule has 1 aromatic heterocycles. The molecule has 0 radical (unpaired) electrons. The summed E-state index contributed by atoms with van der Waals surface area (Å²) in [7, 11) is 3.13. The third-order valence-electron chi connectivity index (χ3n) is 4.72. The number of rotatable bonds is 5. The minimum absolute atomic E-state index is 0.284. The van der Waals surface area contributed by atoms with Crippen molar-refractivity contribution in [2.24, 2.45) is 0 Å². The third-order valence-corrected chi connectivity index (χ3v) is 5.02. The fourth-order valence-corrected chi connectivity index (χ4v) is 3.69. The average Bonchev–Trinajstić information content (AvgIpc) is 3.04. The van der Waals surface area contributed by atoms with E-state index in [0.717, 1.165) is 17.9 Å². The molecule has 7 nitrogen and oxygen atoms in total. The molecule has 1 aliphatic rings. The molecule has 0 spiro atoms. The summed E-state index contributed by atoms with van der Waals surface area (Å²) in [4.78, 5) is 6.84. The summed E-state index contributed by atoms with van der Waals surface area (Å²) in [6.07, 6.45) is 2.63. The van der Waals surface area contributed by atoms with Crippen molar-refractivity contribution >= 4 is 34.7 Å². The summed E-state index contributed by atoms with van der Waals surface area (Å²) in [5.74, 6) is 2.17. The zero-order chi connectivity index (χ0) is 19.7. The van der Waals surface area contributed by atoms with Crippen LogP contribution in [0.4, 0.5) is 23.1 Å². The third kappa shape index (κ3) is 3.29. The molecule has 0 saturated carbocycles. The topological polar surface area (TPSA) is 72.4 Å². The fraction of sp³-hybridized carbons (Fsp3) is 0.250. The Hall–Kier alpha value is -3.06. The number of hydrogen-bond acceptors (Lipinski definition) is 7. The highest BCUT2D eigenvalue weighted by Crippen LogP contribution is 2.39. The van der Waals surface area contributed by atoms with Crippen LogP contribution < -0.4 is 19.7 Å². The van der Waals surface area contributed by atoms with Gasteiger partial charge in [0.05, 0.1) is 31.1 Å². The number of methoxy groups -OCH3 is 2. The first-order chi connectivity index (χ1) is 13.6. The number of anilines is 4. The summed E-state index contributed by atoms with van der Waals surface area (Å²) in [5, 5.41) is 11.9. The lowest BCUT2D eigenvalue weighted by atomic mass is 10.1. The first-order valence-electron chi connectivity index (χ1n) is 8.86. The summed E-state index contributed by atoms with van der Waals surface area (Å²) >= 11 is 6.18. The molecule has 2 heterocycles. The van der Waals surface area contributed by atoms with E-state index in [9.17, 15) is 0 Å². The predicted octanol–water partition coefficient (Wildman–Crippen LogP) is 4.37. The molecule has 1 N–H and O–H groups in total. The maximum atomic E-state index is 6.18. The van der Waals surface area contributed by atoms with Crippen LogP contribution in [0.1, 0.15) is 12.5 Å². The monoisotopic (exact) mass is 397 g/mol. The Balaban J connectivity index is 1.68. The number of nitrogens with zero attached hydrogens (tertiary/aromatic N) is 4. The van der Waals surface area contributed by atoms with Crippen molar-refractivity contribution in [2.45, 2.75) is 19.4 Å². The van der Waals surface area contributed by atoms with Crippen molar-refractivity contribution < 1.29 is 9.47 Å². The highest BCUT2D eigenvalue weighted by molar-refractivity contribution is 6.32. The molecule has 8 heteroatoms. The molecule has 0 fully saturated rings. The van der Waals surface area contributed by atoms with Crippen LogP contribution in [0.15, 0.2) is 42.6 Å². The molecule has 0 aliphatic carbocycles. The molecule has 4 rings (SSSR count). The van der Waals surface area contributed by atoms with Gasteiger partial charge in [-0.2, -0.15) is 10.1 Å². The number of ether oxygens (including phenoxy) is 2. The second-order valence-corrected chi connectivity index (χ2v) is 6.91. The maximum Gasteiger partial charge on any atom is 0.249 e. The Bertz CT molecular complexity index is 1010. The molecule has 3 aromatic rings. The summed E-state index contributed by atoms with van der Waals surface area (Å²) in [5.41, 5.74) is 3.08. The summed E-state index contributed by atoms with van der Waals surface area (Å²) < 4.78 is 10.7. The van der Waals surface area contributed by atoms with Crippen LogP contribution in [0.2, 0.25) is 5.02 Å². The van der Waals surface area contributed by atoms with E-state index >= 15 is 0 Å². The SMILES string of the molecule is COc1cc(Nc2nncc(N3c4ccccc4CC3C)n2)c(OC)cc1Cl. The van der Waals surface area contributed by atoms with E-state index in [1.54, 1.807) is 32.5 Å². The first-order valence-corrected chi connectivity index (χ1v) is 9.24. The number of aromatic nitrogens is 3. The van der Waals surface area contributed by atoms with Crippen molar-refractivity contribution in [3.8, 4) is 11.5 Å². The lowest BCUT2D eigenvalue weighted by Gasteiger charge is -2.23. The molecule has 1 aliphatic heterocycles. The van der Waals surface area contributed by atoms with Gasteiger partial charge >= 0.3 is 0 Å². The van der Waals surface area contributed by atoms with Gasteiger partial charge in [0.2, 0.25) is 5.95 Å². The van der Waals surface area contributed by atoms with Crippen LogP contribution in [-0.4, -0.2) is 35.4 Å². The minimum Gasteiger partial charge on any atom is -0.495 e. The second kappa shape index (κ2) is 7.52. The van der Waals surface area contributed by atoms with E-state index in [1.165, 1.54) is 5.56 Å². The Kier molecular flexibility index (Phi) is 4.92. The predicted molar refractivity (Wildman–Crippen MR) is 109 cm³/mol. The quantitative estimate of drug-likeness (QED) is 0.685. The highest BCUT2D eigenvalue weighted by Gasteiger charge is 2.28. The van der Waals surface area contributed by atoms with Gasteiger partial charge in [0, 0.05) is 23.9 Å². The van der Waals surface area contributed by atoms with Gasteiger partial charge < -0.3 is 19.7 Å². The molecule has 0 bridgehead atoms. The number of fused-ring (bicyclic) bond motifs is 1. The summed E-state index contributed by atoms with van der Waals surface area (Å²) in [6.45, 7) is 2.17. The number of nitrogens with one attached hydrogen (secondary N) is 1. The molecule has 144 valence electrons. The van der Waals surface area contributed by atoms with Gasteiger partial charge in [-0.1, -0.05) is 29.8 Å². The van der Waals surface area contributed by atoms with Gasteiger partial charge in [-0.3, -0.25) is 0 Å². The van der Waals surface area contributed by atoms with Crippen LogP contribution >= 0.6 is 11.6 Å². The highest BCUT2D eigenvalue weighted by atomic mass is 35.5. The molecule has 1 unspecified atom stereocenters. The average molecular weight is 398 g/mol. The van der Waals surface area contributed by atoms with Crippen LogP contribution in [0.3, 0.4) is 0 Å². The Morgan fingerprint density at radius 1 is 1.14 bits per heavy atom. The van der Waals surface area contributed by atoms with E-state index in [-0.39, 0.29) is 6.04 Å². The second-order valence-electron chi connectivity index (χ2n) is 6.50. The van der Waals surface area contributed by atoms with Gasteiger partial charge in [-0.05, 0) is 25.0 Å². The van der Waals surface area contributed by atoms with Gasteiger partial charge in [0.15, 0.2) is 5.82 Å². The molecule has 28 heavy (non-hydrogen) atoms. The molecular weight excluding hydrogens is 378 g/mol. The minimum atomic E-state index is 0.284. The van der Waals surface area contributed by atoms with Gasteiger partial charge in [0.1, 0.15) is 11.5 Å². The Morgan fingerprint density at radius 3 is 2.71 bits per heavy atom. The smallest absolute Gasteiger partial charge is 0.249 e. The van der Waals surface area contributed by atoms with E-state index < -0.39 is 0 Å². The van der Waals surface area contributed by atoms with Crippen molar-refractivity contribution in [1.82, 2.24) is 15.2 Å². The van der Waals surface area contributed by atoms with Crippen LogP contribution in [0, 0.1) is 0 Å². The lowest BCUT2D eigenvalue weighted by molar-refractivity contribution is 0.405. The van der Waals surface area contributed by atoms with Gasteiger partial charge in [0.25, 0.3) is 0 Å². The van der Waals surface area contributed by atoms with E-state index in [4.69, 9.17) is 21.1 Å². The Morgan fingerprint density at radius 2 is 1.93 bits per heavy atom. The first kappa shape index (κ1) is 18.3. The van der Waals surface area contributed by atoms with E-state index in [2.05, 4.69) is 50.5 Å². The van der Waals surface area contributed by atoms with Crippen molar-refractivity contribution in [3.63, 3.8) is 0 Å². The summed E-state index contributed by atoms with van der Waals surface area (Å²) in [6, 6.07) is 12.0. The number of benzene rings is 2. The zero-order valence-electron chi connectivity index (χ0n) is 15.8. The van der Waals surface area contributed by atoms with E-state index in [1.807, 2.05) is 6.07 Å². The van der Waals surface area contributed by atoms with Crippen molar-refractivity contribution in [2.75, 3.05) is 24.4 Å². The van der Waals surface area contributed by atoms with Gasteiger partial charge in [-0.25, -0.2) is 0 Å². The standard InChI is InChI=1S/C20H20ClN5O2/c1-12-8-13-6-4-5-7-16(13)26(12)19-11-22-25-20(24-19)23-15-10-17(27-2)14(21)9-18(15)28-3/h4-7,9-12H,8H2,1-3H3,(H,23,24,25). The van der Waals surface area contributed by atoms with E-state index in [0.29, 0.717) is 28.2 Å². The normalized spacial score (nSPS) is 15.3.